The molecule has 2 aliphatic rings. The van der Waals surface area contributed by atoms with Crippen LogP contribution in [-0.4, -0.2) is 41.6 Å². The van der Waals surface area contributed by atoms with Gasteiger partial charge >= 0.3 is 0 Å². The number of nitrogens with one attached hydrogen (secondary N) is 2. The first-order valence-electron chi connectivity index (χ1n) is 7.74. The fraction of sp³-hybridized carbons (Fsp3) is 0.667. The van der Waals surface area contributed by atoms with Gasteiger partial charge in [0, 0.05) is 19.6 Å². The Morgan fingerprint density at radius 3 is 2.67 bits per heavy atom. The molecule has 3 rings (SSSR count). The third kappa shape index (κ3) is 2.85. The van der Waals surface area contributed by atoms with Gasteiger partial charge in [-0.25, -0.2) is 9.97 Å². The predicted octanol–water partition coefficient (Wildman–Crippen LogP) is 1.66. The zero-order valence-corrected chi connectivity index (χ0v) is 13.5. The van der Waals surface area contributed by atoms with Gasteiger partial charge in [-0.15, -0.1) is 0 Å². The van der Waals surface area contributed by atoms with Crippen LogP contribution in [0, 0.1) is 6.92 Å². The maximum atomic E-state index is 12.2. The van der Waals surface area contributed by atoms with Gasteiger partial charge in [-0.05, 0) is 12.8 Å². The van der Waals surface area contributed by atoms with Crippen molar-refractivity contribution in [3.8, 4) is 0 Å². The van der Waals surface area contributed by atoms with Crippen LogP contribution in [0.25, 0.3) is 0 Å². The summed E-state index contributed by atoms with van der Waals surface area (Å²) in [5.41, 5.74) is 1.72. The molecule has 1 aromatic heterocycles. The van der Waals surface area contributed by atoms with Crippen LogP contribution in [-0.2, 0) is 4.79 Å². The van der Waals surface area contributed by atoms with E-state index in [1.807, 2.05) is 20.8 Å². The highest BCUT2D eigenvalue weighted by Gasteiger charge is 2.37. The van der Waals surface area contributed by atoms with Gasteiger partial charge in [0.1, 0.15) is 17.6 Å². The summed E-state index contributed by atoms with van der Waals surface area (Å²) in [4.78, 5) is 23.3. The average molecular weight is 291 g/mol. The second-order valence-corrected chi connectivity index (χ2v) is 5.41. The number of fused-ring (bicyclic) bond motifs is 3. The van der Waals surface area contributed by atoms with Gasteiger partial charge in [-0.1, -0.05) is 27.7 Å². The first kappa shape index (κ1) is 15.7. The fourth-order valence-electron chi connectivity index (χ4n) is 2.72. The van der Waals surface area contributed by atoms with Gasteiger partial charge in [0.2, 0.25) is 5.91 Å². The van der Waals surface area contributed by atoms with E-state index in [1.165, 1.54) is 0 Å². The SMILES string of the molecule is CC.Cc1nc(C(C)C)c2c(n1)N1CCNCC1C(=O)N2. The Morgan fingerprint density at radius 1 is 1.29 bits per heavy atom. The van der Waals surface area contributed by atoms with Crippen molar-refractivity contribution in [2.24, 2.45) is 0 Å². The molecule has 0 spiro atoms. The molecule has 1 aromatic rings. The van der Waals surface area contributed by atoms with E-state index in [9.17, 15) is 4.79 Å². The number of rotatable bonds is 1. The molecule has 1 unspecified atom stereocenters. The summed E-state index contributed by atoms with van der Waals surface area (Å²) in [6, 6.07) is -0.157. The van der Waals surface area contributed by atoms with Crippen molar-refractivity contribution in [3.63, 3.8) is 0 Å². The van der Waals surface area contributed by atoms with Gasteiger partial charge in [0.25, 0.3) is 0 Å². The van der Waals surface area contributed by atoms with Gasteiger partial charge in [-0.2, -0.15) is 0 Å². The first-order chi connectivity index (χ1) is 10.1. The van der Waals surface area contributed by atoms with Gasteiger partial charge < -0.3 is 15.5 Å². The monoisotopic (exact) mass is 291 g/mol. The lowest BCUT2D eigenvalue weighted by Gasteiger charge is -2.41. The molecule has 0 radical (unpaired) electrons. The molecule has 0 aromatic carbocycles. The Hall–Kier alpha value is -1.69. The topological polar surface area (TPSA) is 70.2 Å². The third-order valence-corrected chi connectivity index (χ3v) is 3.64. The molecule has 2 N–H and O–H groups in total. The predicted molar refractivity (Wildman–Crippen MR) is 84.8 cm³/mol. The first-order valence-corrected chi connectivity index (χ1v) is 7.74. The quantitative estimate of drug-likeness (QED) is 0.823. The highest BCUT2D eigenvalue weighted by atomic mass is 16.2. The smallest absolute Gasteiger partial charge is 0.248 e. The van der Waals surface area contributed by atoms with E-state index in [0.717, 1.165) is 36.1 Å². The van der Waals surface area contributed by atoms with Crippen molar-refractivity contribution in [2.45, 2.75) is 46.6 Å². The van der Waals surface area contributed by atoms with Crippen LogP contribution in [0.5, 0.6) is 0 Å². The summed E-state index contributed by atoms with van der Waals surface area (Å²) >= 11 is 0. The molecule has 1 amide bonds. The molecule has 1 atom stereocenters. The van der Waals surface area contributed by atoms with E-state index in [-0.39, 0.29) is 17.9 Å². The van der Waals surface area contributed by atoms with E-state index in [1.54, 1.807) is 0 Å². The fourth-order valence-corrected chi connectivity index (χ4v) is 2.72. The Bertz CT molecular complexity index is 529. The summed E-state index contributed by atoms with van der Waals surface area (Å²) < 4.78 is 0. The number of carbonyl (C=O) groups is 1. The molecular formula is C15H25N5O. The Balaban J connectivity index is 0.000000774. The average Bonchev–Trinajstić information content (AvgIpc) is 2.50. The van der Waals surface area contributed by atoms with Crippen molar-refractivity contribution in [2.75, 3.05) is 29.9 Å². The van der Waals surface area contributed by atoms with Crippen molar-refractivity contribution in [3.05, 3.63) is 11.5 Å². The number of anilines is 2. The molecule has 6 heteroatoms. The highest BCUT2D eigenvalue weighted by molar-refractivity contribution is 6.03. The minimum absolute atomic E-state index is 0.0362. The number of aryl methyl sites for hydroxylation is 1. The van der Waals surface area contributed by atoms with Crippen LogP contribution < -0.4 is 15.5 Å². The number of amides is 1. The van der Waals surface area contributed by atoms with Crippen LogP contribution in [0.1, 0.15) is 45.1 Å². The van der Waals surface area contributed by atoms with Crippen LogP contribution in [0.15, 0.2) is 0 Å². The lowest BCUT2D eigenvalue weighted by atomic mass is 10.0. The highest BCUT2D eigenvalue weighted by Crippen LogP contribution is 2.35. The maximum Gasteiger partial charge on any atom is 0.248 e. The lowest BCUT2D eigenvalue weighted by molar-refractivity contribution is -0.117. The molecule has 6 nitrogen and oxygen atoms in total. The largest absolute Gasteiger partial charge is 0.340 e. The summed E-state index contributed by atoms with van der Waals surface area (Å²) in [5, 5.41) is 6.24. The summed E-state index contributed by atoms with van der Waals surface area (Å²) in [7, 11) is 0. The Morgan fingerprint density at radius 2 is 2.00 bits per heavy atom. The Labute approximate surface area is 126 Å². The number of nitrogens with zero attached hydrogens (tertiary/aromatic N) is 3. The molecule has 0 saturated carbocycles. The van der Waals surface area contributed by atoms with E-state index in [2.05, 4.69) is 39.3 Å². The van der Waals surface area contributed by atoms with Crippen molar-refractivity contribution >= 4 is 17.4 Å². The molecule has 0 bridgehead atoms. The van der Waals surface area contributed by atoms with Gasteiger partial charge in [-0.3, -0.25) is 4.79 Å². The summed E-state index contributed by atoms with van der Waals surface area (Å²) in [5.74, 6) is 1.93. The van der Waals surface area contributed by atoms with Gasteiger partial charge in [0.15, 0.2) is 5.82 Å². The lowest BCUT2D eigenvalue weighted by Crippen LogP contribution is -2.59. The minimum atomic E-state index is -0.157. The van der Waals surface area contributed by atoms with E-state index in [4.69, 9.17) is 0 Å². The van der Waals surface area contributed by atoms with E-state index >= 15 is 0 Å². The molecule has 2 aliphatic heterocycles. The molecule has 0 aliphatic carbocycles. The number of hydrogen-bond acceptors (Lipinski definition) is 5. The zero-order chi connectivity index (χ0) is 15.6. The second kappa shape index (κ2) is 6.39. The van der Waals surface area contributed by atoms with Crippen LogP contribution in [0.4, 0.5) is 11.5 Å². The minimum Gasteiger partial charge on any atom is -0.340 e. The normalized spacial score (nSPS) is 20.2. The number of piperazine rings is 1. The van der Waals surface area contributed by atoms with Crippen LogP contribution in [0.2, 0.25) is 0 Å². The van der Waals surface area contributed by atoms with Gasteiger partial charge in [0.05, 0.1) is 5.69 Å². The maximum absolute atomic E-state index is 12.2. The van der Waals surface area contributed by atoms with Crippen LogP contribution >= 0.6 is 0 Å². The molecular weight excluding hydrogens is 266 g/mol. The standard InChI is InChI=1S/C13H19N5O.C2H6/c1-7(2)10-11-12(16-8(3)15-10)18-5-4-14-6-9(18)13(19)17-11;1-2/h7,9,14H,4-6H2,1-3H3,(H,17,19);1-2H3. The molecule has 1 fully saturated rings. The molecule has 116 valence electrons. The second-order valence-electron chi connectivity index (χ2n) is 5.41. The molecule has 3 heterocycles. The van der Waals surface area contributed by atoms with Crippen molar-refractivity contribution in [1.82, 2.24) is 15.3 Å². The van der Waals surface area contributed by atoms with Crippen molar-refractivity contribution < 1.29 is 4.79 Å². The van der Waals surface area contributed by atoms with E-state index < -0.39 is 0 Å². The van der Waals surface area contributed by atoms with Crippen LogP contribution in [0.3, 0.4) is 0 Å². The Kier molecular flexibility index (Phi) is 4.77. The summed E-state index contributed by atoms with van der Waals surface area (Å²) in [6.45, 7) is 12.4. The van der Waals surface area contributed by atoms with Crippen molar-refractivity contribution in [1.29, 1.82) is 0 Å². The molecule has 1 saturated heterocycles. The number of aromatic nitrogens is 2. The van der Waals surface area contributed by atoms with E-state index in [0.29, 0.717) is 6.54 Å². The third-order valence-electron chi connectivity index (χ3n) is 3.64. The number of carbonyl (C=O) groups excluding carboxylic acids is 1. The zero-order valence-electron chi connectivity index (χ0n) is 13.5. The number of hydrogen-bond donors (Lipinski definition) is 2. The molecule has 21 heavy (non-hydrogen) atoms. The summed E-state index contributed by atoms with van der Waals surface area (Å²) in [6.07, 6.45) is 0.